The largest absolute Gasteiger partial charge is 0.453 e. The predicted molar refractivity (Wildman–Crippen MR) is 57.8 cm³/mol. The van der Waals surface area contributed by atoms with Gasteiger partial charge in [0.05, 0.1) is 6.54 Å². The number of H-pyrrole nitrogens is 1. The summed E-state index contributed by atoms with van der Waals surface area (Å²) in [5.74, 6) is -0.367. The van der Waals surface area contributed by atoms with Crippen LogP contribution in [0.5, 0.6) is 0 Å². The summed E-state index contributed by atoms with van der Waals surface area (Å²) in [6.45, 7) is 1.72. The quantitative estimate of drug-likeness (QED) is 0.819. The van der Waals surface area contributed by atoms with Crippen molar-refractivity contribution in [2.75, 3.05) is 20.1 Å². The summed E-state index contributed by atoms with van der Waals surface area (Å²) in [6, 6.07) is 0. The van der Waals surface area contributed by atoms with Gasteiger partial charge in [-0.2, -0.15) is 13.2 Å². The zero-order valence-corrected chi connectivity index (χ0v) is 9.75. The van der Waals surface area contributed by atoms with Crippen LogP contribution in [0.1, 0.15) is 18.1 Å². The third-order valence-corrected chi connectivity index (χ3v) is 2.47. The molecule has 0 radical (unpaired) electrons. The molecule has 0 unspecified atom stereocenters. The molecule has 0 bridgehead atoms. The second kappa shape index (κ2) is 4.83. The molecule has 0 atom stereocenters. The zero-order valence-electron chi connectivity index (χ0n) is 9.75. The molecule has 100 valence electrons. The van der Waals surface area contributed by atoms with E-state index in [2.05, 4.69) is 25.5 Å². The highest BCUT2D eigenvalue weighted by molar-refractivity contribution is 5.80. The Hall–Kier alpha value is -1.80. The van der Waals surface area contributed by atoms with Crippen molar-refractivity contribution in [3.05, 3.63) is 11.6 Å². The van der Waals surface area contributed by atoms with Crippen LogP contribution in [0.15, 0.2) is 4.99 Å². The third-order valence-electron chi connectivity index (χ3n) is 2.47. The van der Waals surface area contributed by atoms with Crippen molar-refractivity contribution < 1.29 is 13.2 Å². The van der Waals surface area contributed by atoms with E-state index in [1.165, 1.54) is 0 Å². The Balaban J connectivity index is 1.94. The van der Waals surface area contributed by atoms with Crippen LogP contribution in [0.25, 0.3) is 0 Å². The topological polar surface area (TPSA) is 69.2 Å². The van der Waals surface area contributed by atoms with E-state index in [1.807, 2.05) is 11.9 Å². The van der Waals surface area contributed by atoms with Gasteiger partial charge < -0.3 is 10.2 Å². The molecule has 0 amide bonds. The van der Waals surface area contributed by atoms with E-state index >= 15 is 0 Å². The number of hydrogen-bond donors (Lipinski definition) is 2. The van der Waals surface area contributed by atoms with Crippen molar-refractivity contribution in [3.8, 4) is 0 Å². The maximum atomic E-state index is 12.3. The summed E-state index contributed by atoms with van der Waals surface area (Å²) in [6.07, 6.45) is -3.55. The van der Waals surface area contributed by atoms with Gasteiger partial charge in [-0.25, -0.2) is 4.98 Å². The Morgan fingerprint density at radius 3 is 2.83 bits per heavy atom. The Bertz CT molecular complexity index is 438. The number of aliphatic imine (C=N–C) groups is 1. The van der Waals surface area contributed by atoms with Crippen LogP contribution in [0.3, 0.4) is 0 Å². The van der Waals surface area contributed by atoms with Crippen molar-refractivity contribution >= 4 is 5.96 Å². The molecule has 1 aliphatic rings. The average Bonchev–Trinajstić information content (AvgIpc) is 2.76. The first kappa shape index (κ1) is 12.7. The van der Waals surface area contributed by atoms with Crippen LogP contribution < -0.4 is 5.32 Å². The third kappa shape index (κ3) is 2.90. The fourth-order valence-corrected chi connectivity index (χ4v) is 1.57. The van der Waals surface area contributed by atoms with Gasteiger partial charge in [-0.3, -0.25) is 10.1 Å². The molecule has 0 spiro atoms. The molecule has 0 aromatic carbocycles. The number of halogens is 3. The van der Waals surface area contributed by atoms with Gasteiger partial charge in [0.2, 0.25) is 0 Å². The minimum absolute atomic E-state index is 0.129. The van der Waals surface area contributed by atoms with Crippen molar-refractivity contribution in [2.45, 2.75) is 19.1 Å². The Labute approximate surface area is 101 Å². The van der Waals surface area contributed by atoms with Gasteiger partial charge in [-0.15, -0.1) is 5.10 Å². The summed E-state index contributed by atoms with van der Waals surface area (Å²) in [7, 11) is 1.87. The normalized spacial score (nSPS) is 16.7. The molecule has 2 rings (SSSR count). The predicted octanol–water partition coefficient (Wildman–Crippen LogP) is 0.605. The van der Waals surface area contributed by atoms with Crippen molar-refractivity contribution in [2.24, 2.45) is 4.99 Å². The molecule has 9 heteroatoms. The molecule has 1 aromatic rings. The van der Waals surface area contributed by atoms with Crippen LogP contribution in [0.4, 0.5) is 13.2 Å². The summed E-state index contributed by atoms with van der Waals surface area (Å²) < 4.78 is 36.8. The first-order chi connectivity index (χ1) is 8.47. The molecular formula is C9H13F3N6. The maximum Gasteiger partial charge on any atom is 0.453 e. The SMILES string of the molecule is CN1CCCN=C1NCc1nc(C(F)(F)F)n[nH]1. The lowest BCUT2D eigenvalue weighted by atomic mass is 10.3. The van der Waals surface area contributed by atoms with E-state index in [1.54, 1.807) is 0 Å². The van der Waals surface area contributed by atoms with Gasteiger partial charge in [0.1, 0.15) is 5.82 Å². The van der Waals surface area contributed by atoms with Crippen LogP contribution in [0, 0.1) is 0 Å². The Morgan fingerprint density at radius 1 is 1.44 bits per heavy atom. The second-order valence-electron chi connectivity index (χ2n) is 3.94. The lowest BCUT2D eigenvalue weighted by molar-refractivity contribution is -0.144. The van der Waals surface area contributed by atoms with E-state index in [9.17, 15) is 13.2 Å². The molecular weight excluding hydrogens is 249 g/mol. The van der Waals surface area contributed by atoms with E-state index < -0.39 is 12.0 Å². The highest BCUT2D eigenvalue weighted by Crippen LogP contribution is 2.25. The Kier molecular flexibility index (Phi) is 3.39. The first-order valence-electron chi connectivity index (χ1n) is 5.45. The molecule has 6 nitrogen and oxygen atoms in total. The molecule has 2 N–H and O–H groups in total. The molecule has 1 aliphatic heterocycles. The molecule has 0 saturated heterocycles. The number of rotatable bonds is 2. The van der Waals surface area contributed by atoms with Gasteiger partial charge in [0.25, 0.3) is 5.82 Å². The lowest BCUT2D eigenvalue weighted by Gasteiger charge is -2.25. The molecule has 2 heterocycles. The van der Waals surface area contributed by atoms with Gasteiger partial charge >= 0.3 is 6.18 Å². The van der Waals surface area contributed by atoms with Gasteiger partial charge in [0, 0.05) is 20.1 Å². The lowest BCUT2D eigenvalue weighted by Crippen LogP contribution is -2.41. The summed E-state index contributed by atoms with van der Waals surface area (Å²) in [5, 5.41) is 8.29. The number of guanidine groups is 1. The monoisotopic (exact) mass is 262 g/mol. The summed E-state index contributed by atoms with van der Waals surface area (Å²) in [5.41, 5.74) is 0. The minimum Gasteiger partial charge on any atom is -0.349 e. The minimum atomic E-state index is -4.52. The number of aromatic amines is 1. The van der Waals surface area contributed by atoms with Crippen LogP contribution in [0.2, 0.25) is 0 Å². The van der Waals surface area contributed by atoms with Gasteiger partial charge in [-0.1, -0.05) is 0 Å². The fourth-order valence-electron chi connectivity index (χ4n) is 1.57. The van der Waals surface area contributed by atoms with E-state index in [0.29, 0.717) is 5.96 Å². The average molecular weight is 262 g/mol. The molecule has 1 aromatic heterocycles. The molecule has 0 fully saturated rings. The van der Waals surface area contributed by atoms with E-state index in [0.717, 1.165) is 19.5 Å². The van der Waals surface area contributed by atoms with Crippen molar-refractivity contribution in [1.29, 1.82) is 0 Å². The number of nitrogens with one attached hydrogen (secondary N) is 2. The van der Waals surface area contributed by atoms with Gasteiger partial charge in [-0.05, 0) is 6.42 Å². The van der Waals surface area contributed by atoms with Crippen molar-refractivity contribution in [1.82, 2.24) is 25.4 Å². The maximum absolute atomic E-state index is 12.3. The standard InChI is InChI=1S/C9H13F3N6/c1-18-4-2-3-13-8(18)14-5-6-15-7(17-16-6)9(10,11)12/h2-5H2,1H3,(H,13,14)(H,15,16,17). The Morgan fingerprint density at radius 2 is 2.22 bits per heavy atom. The van der Waals surface area contributed by atoms with Crippen molar-refractivity contribution in [3.63, 3.8) is 0 Å². The fraction of sp³-hybridized carbons (Fsp3) is 0.667. The van der Waals surface area contributed by atoms with Crippen LogP contribution in [-0.2, 0) is 12.7 Å². The van der Waals surface area contributed by atoms with Gasteiger partial charge in [0.15, 0.2) is 5.96 Å². The van der Waals surface area contributed by atoms with Crippen LogP contribution in [-0.4, -0.2) is 46.2 Å². The second-order valence-corrected chi connectivity index (χ2v) is 3.94. The number of hydrogen-bond acceptors (Lipinski definition) is 5. The number of nitrogens with zero attached hydrogens (tertiary/aromatic N) is 4. The number of alkyl halides is 3. The van der Waals surface area contributed by atoms with E-state index in [-0.39, 0.29) is 12.4 Å². The smallest absolute Gasteiger partial charge is 0.349 e. The van der Waals surface area contributed by atoms with E-state index in [4.69, 9.17) is 0 Å². The highest BCUT2D eigenvalue weighted by Gasteiger charge is 2.35. The molecule has 18 heavy (non-hydrogen) atoms. The highest BCUT2D eigenvalue weighted by atomic mass is 19.4. The zero-order chi connectivity index (χ0) is 13.2. The number of aromatic nitrogens is 3. The molecule has 0 aliphatic carbocycles. The summed E-state index contributed by atoms with van der Waals surface area (Å²) >= 11 is 0. The molecule has 0 saturated carbocycles. The van der Waals surface area contributed by atoms with Crippen LogP contribution >= 0.6 is 0 Å². The first-order valence-corrected chi connectivity index (χ1v) is 5.45. The summed E-state index contributed by atoms with van der Waals surface area (Å²) in [4.78, 5) is 9.50.